The predicted octanol–water partition coefficient (Wildman–Crippen LogP) is 4.37. The van der Waals surface area contributed by atoms with Gasteiger partial charge in [-0.05, 0) is 45.6 Å². The van der Waals surface area contributed by atoms with E-state index in [1.807, 2.05) is 18.5 Å². The molecule has 0 saturated carbocycles. The third kappa shape index (κ3) is 3.59. The van der Waals surface area contributed by atoms with Crippen LogP contribution in [0.25, 0.3) is 0 Å². The molecular formula is C22H26N4O2. The Morgan fingerprint density at radius 2 is 1.86 bits per heavy atom. The van der Waals surface area contributed by atoms with E-state index >= 15 is 0 Å². The molecule has 28 heavy (non-hydrogen) atoms. The summed E-state index contributed by atoms with van der Waals surface area (Å²) < 4.78 is 7.38. The number of nitrogens with one attached hydrogen (secondary N) is 1. The zero-order chi connectivity index (χ0) is 19.7. The largest absolute Gasteiger partial charge is 0.360 e. The van der Waals surface area contributed by atoms with Gasteiger partial charge in [0, 0.05) is 12.0 Å². The molecular weight excluding hydrogens is 352 g/mol. The summed E-state index contributed by atoms with van der Waals surface area (Å²) in [6, 6.07) is 8.41. The number of rotatable bonds is 4. The molecule has 0 spiro atoms. The summed E-state index contributed by atoms with van der Waals surface area (Å²) in [6.07, 6.45) is 5.04. The number of anilines is 1. The Morgan fingerprint density at radius 3 is 2.64 bits per heavy atom. The Labute approximate surface area is 164 Å². The quantitative estimate of drug-likeness (QED) is 0.685. The number of fused-ring (bicyclic) bond motifs is 1. The van der Waals surface area contributed by atoms with Gasteiger partial charge < -0.3 is 9.84 Å². The first-order valence-corrected chi connectivity index (χ1v) is 9.91. The van der Waals surface area contributed by atoms with Gasteiger partial charge in [-0.1, -0.05) is 41.4 Å². The Hall–Kier alpha value is -2.89. The fourth-order valence-corrected chi connectivity index (χ4v) is 3.81. The van der Waals surface area contributed by atoms with E-state index in [-0.39, 0.29) is 5.91 Å². The van der Waals surface area contributed by atoms with Crippen LogP contribution in [-0.4, -0.2) is 20.8 Å². The molecule has 4 rings (SSSR count). The van der Waals surface area contributed by atoms with E-state index in [1.165, 1.54) is 11.1 Å². The lowest BCUT2D eigenvalue weighted by Gasteiger charge is -2.07. The fourth-order valence-electron chi connectivity index (χ4n) is 3.81. The fraction of sp³-hybridized carbons (Fsp3) is 0.409. The van der Waals surface area contributed by atoms with Crippen LogP contribution in [0.1, 0.15) is 63.6 Å². The SMILES string of the molecule is Cc1ccc(Cn2nc(C)c(NC(=O)c3noc4c3CCCCC4)c2C)cc1. The second-order valence-corrected chi connectivity index (χ2v) is 7.64. The highest BCUT2D eigenvalue weighted by Crippen LogP contribution is 2.26. The van der Waals surface area contributed by atoms with Crippen molar-refractivity contribution in [3.05, 3.63) is 63.8 Å². The van der Waals surface area contributed by atoms with Crippen molar-refractivity contribution in [3.8, 4) is 0 Å². The lowest BCUT2D eigenvalue weighted by molar-refractivity contribution is 0.101. The minimum Gasteiger partial charge on any atom is -0.360 e. The van der Waals surface area contributed by atoms with Crippen molar-refractivity contribution in [2.45, 2.75) is 59.4 Å². The van der Waals surface area contributed by atoms with Gasteiger partial charge in [0.15, 0.2) is 5.69 Å². The molecule has 146 valence electrons. The predicted molar refractivity (Wildman–Crippen MR) is 108 cm³/mol. The highest BCUT2D eigenvalue weighted by Gasteiger charge is 2.24. The van der Waals surface area contributed by atoms with Crippen molar-refractivity contribution in [2.75, 3.05) is 5.32 Å². The monoisotopic (exact) mass is 378 g/mol. The number of aryl methyl sites for hydroxylation is 3. The zero-order valence-electron chi connectivity index (χ0n) is 16.7. The number of hydrogen-bond donors (Lipinski definition) is 1. The lowest BCUT2D eigenvalue weighted by atomic mass is 10.1. The molecule has 0 atom stereocenters. The van der Waals surface area contributed by atoms with Crippen LogP contribution in [0.2, 0.25) is 0 Å². The van der Waals surface area contributed by atoms with E-state index in [0.29, 0.717) is 12.2 Å². The van der Waals surface area contributed by atoms with Gasteiger partial charge in [-0.2, -0.15) is 5.10 Å². The highest BCUT2D eigenvalue weighted by atomic mass is 16.5. The van der Waals surface area contributed by atoms with Gasteiger partial charge in [0.2, 0.25) is 0 Å². The Morgan fingerprint density at radius 1 is 1.11 bits per heavy atom. The molecule has 0 fully saturated rings. The van der Waals surface area contributed by atoms with E-state index in [9.17, 15) is 4.79 Å². The van der Waals surface area contributed by atoms with Crippen LogP contribution >= 0.6 is 0 Å². The molecule has 0 radical (unpaired) electrons. The minimum absolute atomic E-state index is 0.215. The second-order valence-electron chi connectivity index (χ2n) is 7.64. The average molecular weight is 378 g/mol. The lowest BCUT2D eigenvalue weighted by Crippen LogP contribution is -2.16. The normalized spacial score (nSPS) is 13.8. The minimum atomic E-state index is -0.215. The van der Waals surface area contributed by atoms with Crippen molar-refractivity contribution in [3.63, 3.8) is 0 Å². The number of hydrogen-bond acceptors (Lipinski definition) is 4. The van der Waals surface area contributed by atoms with Crippen molar-refractivity contribution < 1.29 is 9.32 Å². The third-order valence-electron chi connectivity index (χ3n) is 5.49. The molecule has 2 heterocycles. The maximum Gasteiger partial charge on any atom is 0.278 e. The number of carbonyl (C=O) groups excluding carboxylic acids is 1. The molecule has 0 aliphatic heterocycles. The number of aromatic nitrogens is 3. The van der Waals surface area contributed by atoms with Crippen LogP contribution in [0.5, 0.6) is 0 Å². The van der Waals surface area contributed by atoms with E-state index in [2.05, 4.69) is 46.8 Å². The summed E-state index contributed by atoms with van der Waals surface area (Å²) in [5.74, 6) is 0.652. The van der Waals surface area contributed by atoms with Crippen LogP contribution in [0.3, 0.4) is 0 Å². The van der Waals surface area contributed by atoms with E-state index < -0.39 is 0 Å². The van der Waals surface area contributed by atoms with Gasteiger partial charge in [-0.25, -0.2) is 0 Å². The maximum absolute atomic E-state index is 12.9. The van der Waals surface area contributed by atoms with E-state index in [4.69, 9.17) is 4.52 Å². The summed E-state index contributed by atoms with van der Waals surface area (Å²) in [7, 11) is 0. The first-order chi connectivity index (χ1) is 13.5. The summed E-state index contributed by atoms with van der Waals surface area (Å²) in [5.41, 5.74) is 6.28. The van der Waals surface area contributed by atoms with Gasteiger partial charge in [-0.15, -0.1) is 0 Å². The molecule has 2 aromatic heterocycles. The molecule has 1 aliphatic rings. The van der Waals surface area contributed by atoms with Crippen LogP contribution < -0.4 is 5.32 Å². The first-order valence-electron chi connectivity index (χ1n) is 9.91. The van der Waals surface area contributed by atoms with E-state index in [1.54, 1.807) is 0 Å². The summed E-state index contributed by atoms with van der Waals surface area (Å²) >= 11 is 0. The maximum atomic E-state index is 12.9. The Kier molecular flexibility index (Phi) is 5.03. The smallest absolute Gasteiger partial charge is 0.278 e. The van der Waals surface area contributed by atoms with Crippen molar-refractivity contribution in [1.29, 1.82) is 0 Å². The first kappa shape index (κ1) is 18.5. The average Bonchev–Trinajstić information content (AvgIpc) is 3.09. The highest BCUT2D eigenvalue weighted by molar-refractivity contribution is 6.04. The van der Waals surface area contributed by atoms with Crippen LogP contribution in [0, 0.1) is 20.8 Å². The van der Waals surface area contributed by atoms with Crippen LogP contribution in [0.15, 0.2) is 28.8 Å². The standard InChI is InChI=1S/C22H26N4O2/c1-14-9-11-17(12-10-14)13-26-16(3)20(15(2)24-26)23-22(27)21-18-7-5-4-6-8-19(18)28-25-21/h9-12H,4-8,13H2,1-3H3,(H,23,27). The molecule has 1 amide bonds. The molecule has 6 nitrogen and oxygen atoms in total. The van der Waals surface area contributed by atoms with Gasteiger partial charge in [0.25, 0.3) is 5.91 Å². The second kappa shape index (κ2) is 7.62. The number of carbonyl (C=O) groups is 1. The Balaban J connectivity index is 1.55. The van der Waals surface area contributed by atoms with Crippen molar-refractivity contribution >= 4 is 11.6 Å². The summed E-state index contributed by atoms with van der Waals surface area (Å²) in [5, 5.41) is 11.7. The molecule has 0 unspecified atom stereocenters. The third-order valence-corrected chi connectivity index (χ3v) is 5.49. The molecule has 1 aliphatic carbocycles. The van der Waals surface area contributed by atoms with Gasteiger partial charge in [0.1, 0.15) is 5.76 Å². The molecule has 0 bridgehead atoms. The molecule has 1 N–H and O–H groups in total. The zero-order valence-corrected chi connectivity index (χ0v) is 16.7. The Bertz CT molecular complexity index is 998. The van der Waals surface area contributed by atoms with Gasteiger partial charge >= 0.3 is 0 Å². The summed E-state index contributed by atoms with van der Waals surface area (Å²) in [6.45, 7) is 6.64. The molecule has 1 aromatic carbocycles. The molecule has 0 saturated heterocycles. The topological polar surface area (TPSA) is 73.0 Å². The van der Waals surface area contributed by atoms with Gasteiger partial charge in [0.05, 0.1) is 23.6 Å². The van der Waals surface area contributed by atoms with E-state index in [0.717, 1.165) is 60.5 Å². The van der Waals surface area contributed by atoms with Crippen molar-refractivity contribution in [1.82, 2.24) is 14.9 Å². The number of benzene rings is 1. The number of nitrogens with zero attached hydrogens (tertiary/aromatic N) is 3. The van der Waals surface area contributed by atoms with Gasteiger partial charge in [-0.3, -0.25) is 9.48 Å². The number of amides is 1. The molecule has 3 aromatic rings. The van der Waals surface area contributed by atoms with Crippen molar-refractivity contribution in [2.24, 2.45) is 0 Å². The molecule has 6 heteroatoms. The summed E-state index contributed by atoms with van der Waals surface area (Å²) in [4.78, 5) is 12.9. The van der Waals surface area contributed by atoms with Crippen LogP contribution in [-0.2, 0) is 19.4 Å². The van der Waals surface area contributed by atoms with Crippen LogP contribution in [0.4, 0.5) is 5.69 Å².